The van der Waals surface area contributed by atoms with Gasteiger partial charge in [-0.15, -0.1) is 11.3 Å². The number of amides is 1. The highest BCUT2D eigenvalue weighted by molar-refractivity contribution is 7.14. The van der Waals surface area contributed by atoms with Crippen molar-refractivity contribution in [3.63, 3.8) is 0 Å². The van der Waals surface area contributed by atoms with Crippen LogP contribution in [0.1, 0.15) is 27.2 Å². The number of fused-ring (bicyclic) bond motifs is 1. The Kier molecular flexibility index (Phi) is 7.55. The Morgan fingerprint density at radius 3 is 2.69 bits per heavy atom. The Bertz CT molecular complexity index is 1490. The second-order valence-electron chi connectivity index (χ2n) is 10.7. The fraction of sp³-hybridized carbons (Fsp3) is 0.345. The molecule has 4 aromatic rings. The number of aromatic hydroxyl groups is 1. The van der Waals surface area contributed by atoms with Crippen LogP contribution in [0.25, 0.3) is 22.0 Å². The first-order valence-electron chi connectivity index (χ1n) is 12.7. The number of nitrogens with zero attached hydrogens (tertiary/aromatic N) is 3. The fourth-order valence-corrected chi connectivity index (χ4v) is 5.58. The molecule has 3 heterocycles. The molecular weight excluding hydrogens is 536 g/mol. The van der Waals surface area contributed by atoms with E-state index < -0.39 is 6.04 Å². The molecule has 0 unspecified atom stereocenters. The van der Waals surface area contributed by atoms with E-state index in [1.54, 1.807) is 25.4 Å². The van der Waals surface area contributed by atoms with Gasteiger partial charge in [0, 0.05) is 39.7 Å². The zero-order chi connectivity index (χ0) is 27.7. The number of methoxy groups -OCH3 is 1. The summed E-state index contributed by atoms with van der Waals surface area (Å²) in [6.07, 6.45) is 2.14. The number of pyridine rings is 1. The van der Waals surface area contributed by atoms with Crippen LogP contribution < -0.4 is 14.8 Å². The van der Waals surface area contributed by atoms with Gasteiger partial charge in [0.2, 0.25) is 11.8 Å². The molecule has 2 aromatic heterocycles. The second kappa shape index (κ2) is 10.9. The molecule has 1 saturated heterocycles. The highest BCUT2D eigenvalue weighted by Crippen LogP contribution is 2.35. The third kappa shape index (κ3) is 5.89. The van der Waals surface area contributed by atoms with Crippen LogP contribution in [-0.2, 0) is 4.79 Å². The lowest BCUT2D eigenvalue weighted by atomic mass is 9.86. The molecule has 0 aliphatic carbocycles. The minimum absolute atomic E-state index is 0.00516. The number of aromatic nitrogens is 2. The van der Waals surface area contributed by atoms with Crippen molar-refractivity contribution < 1.29 is 19.4 Å². The van der Waals surface area contributed by atoms with Crippen molar-refractivity contribution in [1.82, 2.24) is 14.9 Å². The van der Waals surface area contributed by atoms with Gasteiger partial charge in [-0.1, -0.05) is 32.4 Å². The van der Waals surface area contributed by atoms with Gasteiger partial charge in [0.15, 0.2) is 5.13 Å². The van der Waals surface area contributed by atoms with E-state index in [-0.39, 0.29) is 23.2 Å². The number of phenolic OH excluding ortho intramolecular Hbond substituents is 1. The number of hydrogen-bond acceptors (Lipinski definition) is 8. The largest absolute Gasteiger partial charge is 0.508 e. The lowest BCUT2D eigenvalue weighted by Crippen LogP contribution is -2.49. The summed E-state index contributed by atoms with van der Waals surface area (Å²) in [5.74, 6) is 1.33. The number of ether oxygens (including phenoxy) is 2. The number of nitrogens with one attached hydrogen (secondary N) is 1. The smallest absolute Gasteiger partial charge is 0.245 e. The molecule has 10 heteroatoms. The van der Waals surface area contributed by atoms with E-state index in [1.165, 1.54) is 11.3 Å². The predicted octanol–water partition coefficient (Wildman–Crippen LogP) is 6.23. The number of carbonyl (C=O) groups excluding carboxylic acids is 1. The first-order chi connectivity index (χ1) is 18.6. The molecular formula is C29H31ClN4O4S. The van der Waals surface area contributed by atoms with Crippen molar-refractivity contribution in [1.29, 1.82) is 0 Å². The summed E-state index contributed by atoms with van der Waals surface area (Å²) in [4.78, 5) is 24.8. The number of anilines is 1. The van der Waals surface area contributed by atoms with Crippen molar-refractivity contribution in [2.24, 2.45) is 5.41 Å². The van der Waals surface area contributed by atoms with Crippen LogP contribution in [-0.4, -0.2) is 58.2 Å². The van der Waals surface area contributed by atoms with Gasteiger partial charge < -0.3 is 24.8 Å². The fourth-order valence-electron chi connectivity index (χ4n) is 4.66. The van der Waals surface area contributed by atoms with E-state index in [1.807, 2.05) is 61.4 Å². The number of carbonyl (C=O) groups is 1. The average molecular weight is 567 g/mol. The Morgan fingerprint density at radius 2 is 1.97 bits per heavy atom. The standard InChI is InChI=1S/C29H31ClN4O4S/c1-29(2,3)25(33-28-32-23(16-39-28)17-5-8-19(35)9-6-17)27(36)34-12-11-20(15-34)38-26-22-13-18(30)7-10-21(22)24(37-4)14-31-26/h5-10,13-14,16,20,25,35H,11-12,15H2,1-4H3,(H,32,33)/t20-,25-/m1/s1. The van der Waals surface area contributed by atoms with E-state index in [0.29, 0.717) is 41.3 Å². The summed E-state index contributed by atoms with van der Waals surface area (Å²) >= 11 is 7.71. The molecule has 1 aliphatic rings. The number of likely N-dealkylation sites (tertiary alicyclic amines) is 1. The number of benzene rings is 2. The van der Waals surface area contributed by atoms with Crippen molar-refractivity contribution in [3.8, 4) is 28.6 Å². The van der Waals surface area contributed by atoms with Crippen LogP contribution in [0.5, 0.6) is 17.4 Å². The van der Waals surface area contributed by atoms with Crippen molar-refractivity contribution in [3.05, 3.63) is 59.1 Å². The van der Waals surface area contributed by atoms with Gasteiger partial charge in [-0.2, -0.15) is 0 Å². The van der Waals surface area contributed by atoms with Gasteiger partial charge in [0.1, 0.15) is 23.6 Å². The monoisotopic (exact) mass is 566 g/mol. The summed E-state index contributed by atoms with van der Waals surface area (Å²) in [5.41, 5.74) is 1.33. The lowest BCUT2D eigenvalue weighted by Gasteiger charge is -2.33. The third-order valence-electron chi connectivity index (χ3n) is 6.78. The van der Waals surface area contributed by atoms with Crippen LogP contribution in [0.3, 0.4) is 0 Å². The molecule has 0 spiro atoms. The maximum atomic E-state index is 13.8. The normalized spacial score (nSPS) is 16.3. The minimum atomic E-state index is -0.478. The molecule has 1 fully saturated rings. The highest BCUT2D eigenvalue weighted by Gasteiger charge is 2.38. The summed E-state index contributed by atoms with van der Waals surface area (Å²) in [5, 5.41) is 17.8. The number of halogens is 1. The minimum Gasteiger partial charge on any atom is -0.508 e. The maximum absolute atomic E-state index is 13.8. The first kappa shape index (κ1) is 27.0. The average Bonchev–Trinajstić information content (AvgIpc) is 3.57. The van der Waals surface area contributed by atoms with Crippen molar-refractivity contribution >= 4 is 44.7 Å². The topological polar surface area (TPSA) is 96.8 Å². The summed E-state index contributed by atoms with van der Waals surface area (Å²) in [6, 6.07) is 11.9. The molecule has 204 valence electrons. The van der Waals surface area contributed by atoms with E-state index in [2.05, 4.69) is 10.3 Å². The Labute approximate surface area is 236 Å². The molecule has 8 nitrogen and oxygen atoms in total. The zero-order valence-corrected chi connectivity index (χ0v) is 23.8. The van der Waals surface area contributed by atoms with Crippen LogP contribution in [0.2, 0.25) is 5.02 Å². The second-order valence-corrected chi connectivity index (χ2v) is 12.0. The van der Waals surface area contributed by atoms with E-state index in [9.17, 15) is 9.90 Å². The van der Waals surface area contributed by atoms with Gasteiger partial charge in [-0.05, 0) is 47.9 Å². The Hall–Kier alpha value is -3.56. The van der Waals surface area contributed by atoms with E-state index in [4.69, 9.17) is 26.1 Å². The third-order valence-corrected chi connectivity index (χ3v) is 7.79. The number of rotatable bonds is 7. The van der Waals surface area contributed by atoms with Gasteiger partial charge >= 0.3 is 0 Å². The van der Waals surface area contributed by atoms with Gasteiger partial charge in [0.25, 0.3) is 0 Å². The molecule has 0 bridgehead atoms. The molecule has 2 aromatic carbocycles. The molecule has 0 saturated carbocycles. The molecule has 39 heavy (non-hydrogen) atoms. The van der Waals surface area contributed by atoms with E-state index in [0.717, 1.165) is 22.0 Å². The van der Waals surface area contributed by atoms with Crippen LogP contribution in [0, 0.1) is 5.41 Å². The number of hydrogen-bond donors (Lipinski definition) is 2. The molecule has 1 aliphatic heterocycles. The quantitative estimate of drug-likeness (QED) is 0.273. The Morgan fingerprint density at radius 1 is 1.21 bits per heavy atom. The highest BCUT2D eigenvalue weighted by atomic mass is 35.5. The van der Waals surface area contributed by atoms with Crippen LogP contribution in [0.15, 0.2) is 54.0 Å². The number of phenols is 1. The van der Waals surface area contributed by atoms with Crippen LogP contribution in [0.4, 0.5) is 5.13 Å². The summed E-state index contributed by atoms with van der Waals surface area (Å²) < 4.78 is 11.7. The number of thiazole rings is 1. The predicted molar refractivity (Wildman–Crippen MR) is 155 cm³/mol. The lowest BCUT2D eigenvalue weighted by molar-refractivity contribution is -0.133. The molecule has 5 rings (SSSR count). The van der Waals surface area contributed by atoms with Gasteiger partial charge in [-0.3, -0.25) is 4.79 Å². The zero-order valence-electron chi connectivity index (χ0n) is 22.3. The van der Waals surface area contributed by atoms with Crippen molar-refractivity contribution in [2.45, 2.75) is 39.3 Å². The van der Waals surface area contributed by atoms with Gasteiger partial charge in [0.05, 0.1) is 25.5 Å². The molecule has 1 amide bonds. The molecule has 2 atom stereocenters. The van der Waals surface area contributed by atoms with Crippen LogP contribution >= 0.6 is 22.9 Å². The van der Waals surface area contributed by atoms with E-state index >= 15 is 0 Å². The first-order valence-corrected chi connectivity index (χ1v) is 14.0. The van der Waals surface area contributed by atoms with Gasteiger partial charge in [-0.25, -0.2) is 9.97 Å². The SMILES string of the molecule is COc1cnc(O[C@@H]2CCN(C(=O)[C@@H](Nc3nc(-c4ccc(O)cc4)cs3)C(C)(C)C)C2)c2cc(Cl)ccc12. The maximum Gasteiger partial charge on any atom is 0.245 e. The Balaban J connectivity index is 1.29. The molecule has 0 radical (unpaired) electrons. The molecule has 2 N–H and O–H groups in total. The summed E-state index contributed by atoms with van der Waals surface area (Å²) in [7, 11) is 1.60. The van der Waals surface area contributed by atoms with Crippen molar-refractivity contribution in [2.75, 3.05) is 25.5 Å². The summed E-state index contributed by atoms with van der Waals surface area (Å²) in [6.45, 7) is 7.16.